The maximum atomic E-state index is 12.5. The summed E-state index contributed by atoms with van der Waals surface area (Å²) in [4.78, 5) is 28.9. The Morgan fingerprint density at radius 2 is 1.93 bits per heavy atom. The highest BCUT2D eigenvalue weighted by molar-refractivity contribution is 9.10. The van der Waals surface area contributed by atoms with E-state index in [0.29, 0.717) is 22.2 Å². The zero-order valence-electron chi connectivity index (χ0n) is 15.7. The molecule has 0 aliphatic heterocycles. The SMILES string of the molecule is CCOC(=O)c1cnc2c(C(=O)OC)cccc2c1Nc1ccc(C)c(Br)c1. The summed E-state index contributed by atoms with van der Waals surface area (Å²) >= 11 is 3.52. The molecule has 0 radical (unpaired) electrons. The van der Waals surface area contributed by atoms with Gasteiger partial charge >= 0.3 is 11.9 Å². The minimum Gasteiger partial charge on any atom is -0.465 e. The number of methoxy groups -OCH3 is 1. The Bertz CT molecular complexity index is 1070. The first-order valence-corrected chi connectivity index (χ1v) is 9.46. The van der Waals surface area contributed by atoms with Crippen molar-refractivity contribution >= 4 is 50.1 Å². The van der Waals surface area contributed by atoms with Crippen LogP contribution in [0, 0.1) is 6.92 Å². The van der Waals surface area contributed by atoms with E-state index in [-0.39, 0.29) is 12.2 Å². The lowest BCUT2D eigenvalue weighted by atomic mass is 10.0. The highest BCUT2D eigenvalue weighted by atomic mass is 79.9. The van der Waals surface area contributed by atoms with Crippen LogP contribution in [0.25, 0.3) is 10.9 Å². The molecule has 3 aromatic rings. The lowest BCUT2D eigenvalue weighted by molar-refractivity contribution is 0.0526. The van der Waals surface area contributed by atoms with Crippen molar-refractivity contribution < 1.29 is 19.1 Å². The quantitative estimate of drug-likeness (QED) is 0.559. The molecule has 3 rings (SSSR count). The molecule has 0 saturated heterocycles. The molecular weight excluding hydrogens is 424 g/mol. The van der Waals surface area contributed by atoms with Crippen molar-refractivity contribution in [3.63, 3.8) is 0 Å². The number of anilines is 2. The van der Waals surface area contributed by atoms with E-state index >= 15 is 0 Å². The number of hydrogen-bond donors (Lipinski definition) is 1. The second-order valence-electron chi connectivity index (χ2n) is 6.05. The summed E-state index contributed by atoms with van der Waals surface area (Å²) in [6.07, 6.45) is 1.42. The predicted octanol–water partition coefficient (Wildman–Crippen LogP) is 5.01. The van der Waals surface area contributed by atoms with Gasteiger partial charge in [-0.15, -0.1) is 0 Å². The van der Waals surface area contributed by atoms with Crippen LogP contribution in [0.2, 0.25) is 0 Å². The van der Waals surface area contributed by atoms with Crippen molar-refractivity contribution in [3.8, 4) is 0 Å². The number of aryl methyl sites for hydroxylation is 1. The predicted molar refractivity (Wildman–Crippen MR) is 111 cm³/mol. The fourth-order valence-electron chi connectivity index (χ4n) is 2.81. The van der Waals surface area contributed by atoms with E-state index in [1.807, 2.05) is 25.1 Å². The number of nitrogens with zero attached hydrogens (tertiary/aromatic N) is 1. The number of pyridine rings is 1. The second-order valence-corrected chi connectivity index (χ2v) is 6.90. The number of nitrogens with one attached hydrogen (secondary N) is 1. The normalized spacial score (nSPS) is 10.6. The molecule has 144 valence electrons. The van der Waals surface area contributed by atoms with Gasteiger partial charge in [0, 0.05) is 21.7 Å². The van der Waals surface area contributed by atoms with E-state index in [4.69, 9.17) is 9.47 Å². The Hall–Kier alpha value is -2.93. The van der Waals surface area contributed by atoms with Gasteiger partial charge in [-0.1, -0.05) is 34.1 Å². The molecule has 0 saturated carbocycles. The van der Waals surface area contributed by atoms with E-state index in [0.717, 1.165) is 15.7 Å². The zero-order chi connectivity index (χ0) is 20.3. The van der Waals surface area contributed by atoms with Gasteiger partial charge in [-0.05, 0) is 37.6 Å². The van der Waals surface area contributed by atoms with Gasteiger partial charge in [-0.25, -0.2) is 9.59 Å². The third-order valence-electron chi connectivity index (χ3n) is 4.24. The lowest BCUT2D eigenvalue weighted by Gasteiger charge is -2.16. The van der Waals surface area contributed by atoms with Crippen molar-refractivity contribution in [1.82, 2.24) is 4.98 Å². The number of carbonyl (C=O) groups excluding carboxylic acids is 2. The molecule has 7 heteroatoms. The molecule has 0 unspecified atom stereocenters. The van der Waals surface area contributed by atoms with E-state index in [9.17, 15) is 9.59 Å². The van der Waals surface area contributed by atoms with Crippen LogP contribution < -0.4 is 5.32 Å². The topological polar surface area (TPSA) is 77.5 Å². The van der Waals surface area contributed by atoms with Crippen molar-refractivity contribution in [1.29, 1.82) is 0 Å². The molecule has 1 N–H and O–H groups in total. The lowest BCUT2D eigenvalue weighted by Crippen LogP contribution is -2.10. The maximum absolute atomic E-state index is 12.5. The van der Waals surface area contributed by atoms with Gasteiger partial charge in [-0.3, -0.25) is 4.98 Å². The van der Waals surface area contributed by atoms with Crippen molar-refractivity contribution in [3.05, 3.63) is 63.8 Å². The minimum atomic E-state index is -0.494. The number of fused-ring (bicyclic) bond motifs is 1. The Balaban J connectivity index is 2.22. The van der Waals surface area contributed by atoms with Crippen molar-refractivity contribution in [2.24, 2.45) is 0 Å². The number of para-hydroxylation sites is 1. The van der Waals surface area contributed by atoms with Crippen LogP contribution in [0.1, 0.15) is 33.2 Å². The van der Waals surface area contributed by atoms with E-state index in [1.165, 1.54) is 13.3 Å². The van der Waals surface area contributed by atoms with Crippen molar-refractivity contribution in [2.45, 2.75) is 13.8 Å². The fraction of sp³-hybridized carbons (Fsp3) is 0.190. The Labute approximate surface area is 171 Å². The molecule has 0 aliphatic carbocycles. The number of rotatable bonds is 5. The van der Waals surface area contributed by atoms with Crippen LogP contribution >= 0.6 is 15.9 Å². The molecule has 2 aromatic carbocycles. The molecule has 0 bridgehead atoms. The molecule has 28 heavy (non-hydrogen) atoms. The number of carbonyl (C=O) groups is 2. The molecule has 6 nitrogen and oxygen atoms in total. The molecular formula is C21H19BrN2O4. The number of benzene rings is 2. The first-order chi connectivity index (χ1) is 13.5. The van der Waals surface area contributed by atoms with Gasteiger partial charge in [0.25, 0.3) is 0 Å². The van der Waals surface area contributed by atoms with Crippen molar-refractivity contribution in [2.75, 3.05) is 19.0 Å². The van der Waals surface area contributed by atoms with Crippen LogP contribution in [0.3, 0.4) is 0 Å². The maximum Gasteiger partial charge on any atom is 0.341 e. The summed E-state index contributed by atoms with van der Waals surface area (Å²) in [5.74, 6) is -0.986. The first kappa shape index (κ1) is 19.8. The van der Waals surface area contributed by atoms with Crippen LogP contribution in [0.15, 0.2) is 47.1 Å². The largest absolute Gasteiger partial charge is 0.465 e. The minimum absolute atomic E-state index is 0.245. The second kappa shape index (κ2) is 8.39. The standard InChI is InChI=1S/C21H19BrN2O4/c1-4-28-21(26)16-11-23-18-14(6-5-7-15(18)20(25)27-3)19(16)24-13-9-8-12(2)17(22)10-13/h5-11H,4H2,1-3H3,(H,23,24). The highest BCUT2D eigenvalue weighted by Gasteiger charge is 2.20. The van der Waals surface area contributed by atoms with Gasteiger partial charge in [0.2, 0.25) is 0 Å². The summed E-state index contributed by atoms with van der Waals surface area (Å²) in [7, 11) is 1.32. The van der Waals surface area contributed by atoms with Gasteiger partial charge in [0.05, 0.1) is 30.5 Å². The summed E-state index contributed by atoms with van der Waals surface area (Å²) in [5, 5.41) is 3.90. The summed E-state index contributed by atoms with van der Waals surface area (Å²) in [5.41, 5.74) is 3.43. The summed E-state index contributed by atoms with van der Waals surface area (Å²) in [6, 6.07) is 10.9. The smallest absolute Gasteiger partial charge is 0.341 e. The van der Waals surface area contributed by atoms with Crippen LogP contribution in [-0.2, 0) is 9.47 Å². The molecule has 1 heterocycles. The fourth-order valence-corrected chi connectivity index (χ4v) is 3.19. The van der Waals surface area contributed by atoms with E-state index in [1.54, 1.807) is 25.1 Å². The van der Waals surface area contributed by atoms with Crippen LogP contribution in [0.4, 0.5) is 11.4 Å². The van der Waals surface area contributed by atoms with Gasteiger partial charge in [0.1, 0.15) is 5.56 Å². The Morgan fingerprint density at radius 3 is 2.61 bits per heavy atom. The third-order valence-corrected chi connectivity index (χ3v) is 5.09. The number of ether oxygens (including phenoxy) is 2. The van der Waals surface area contributed by atoms with Crippen LogP contribution in [0.5, 0.6) is 0 Å². The number of aromatic nitrogens is 1. The first-order valence-electron chi connectivity index (χ1n) is 8.66. The van der Waals surface area contributed by atoms with Crippen LogP contribution in [-0.4, -0.2) is 30.6 Å². The average Bonchev–Trinajstić information content (AvgIpc) is 2.70. The Kier molecular flexibility index (Phi) is 5.94. The number of halogens is 1. The molecule has 0 fully saturated rings. The molecule has 0 atom stereocenters. The highest BCUT2D eigenvalue weighted by Crippen LogP contribution is 2.32. The monoisotopic (exact) mass is 442 g/mol. The number of hydrogen-bond acceptors (Lipinski definition) is 6. The summed E-state index contributed by atoms with van der Waals surface area (Å²) < 4.78 is 11.0. The van der Waals surface area contributed by atoms with E-state index < -0.39 is 11.9 Å². The number of esters is 2. The van der Waals surface area contributed by atoms with Gasteiger partial charge < -0.3 is 14.8 Å². The van der Waals surface area contributed by atoms with Gasteiger partial charge in [0.15, 0.2) is 0 Å². The average molecular weight is 443 g/mol. The van der Waals surface area contributed by atoms with E-state index in [2.05, 4.69) is 26.2 Å². The van der Waals surface area contributed by atoms with Gasteiger partial charge in [-0.2, -0.15) is 0 Å². The molecule has 1 aromatic heterocycles. The molecule has 0 spiro atoms. The Morgan fingerprint density at radius 1 is 1.14 bits per heavy atom. The summed E-state index contributed by atoms with van der Waals surface area (Å²) in [6.45, 7) is 3.98. The molecule has 0 amide bonds. The third kappa shape index (κ3) is 3.84. The zero-order valence-corrected chi connectivity index (χ0v) is 17.3. The molecule has 0 aliphatic rings.